The van der Waals surface area contributed by atoms with Crippen LogP contribution in [-0.4, -0.2) is 49.1 Å². The predicted molar refractivity (Wildman–Crippen MR) is 122 cm³/mol. The van der Waals surface area contributed by atoms with Crippen LogP contribution in [0.15, 0.2) is 42.5 Å². The van der Waals surface area contributed by atoms with Crippen LogP contribution in [0.5, 0.6) is 5.75 Å². The third-order valence-corrected chi connectivity index (χ3v) is 6.45. The summed E-state index contributed by atoms with van der Waals surface area (Å²) >= 11 is 0. The molecule has 1 unspecified atom stereocenters. The van der Waals surface area contributed by atoms with Crippen LogP contribution in [0.2, 0.25) is 0 Å². The van der Waals surface area contributed by atoms with Crippen molar-refractivity contribution in [2.45, 2.75) is 51.1 Å². The molecule has 2 aromatic carbocycles. The van der Waals surface area contributed by atoms with E-state index < -0.39 is 11.6 Å². The number of carbonyl (C=O) groups is 1. The van der Waals surface area contributed by atoms with Crippen LogP contribution in [0.1, 0.15) is 39.0 Å². The molecule has 32 heavy (non-hydrogen) atoms. The molecule has 2 heterocycles. The Kier molecular flexibility index (Phi) is 7.25. The van der Waals surface area contributed by atoms with Crippen molar-refractivity contribution < 1.29 is 18.3 Å². The van der Waals surface area contributed by atoms with Crippen LogP contribution in [0.3, 0.4) is 0 Å². The van der Waals surface area contributed by atoms with Crippen molar-refractivity contribution in [3.8, 4) is 5.75 Å². The highest BCUT2D eigenvalue weighted by Gasteiger charge is 2.32. The molecule has 0 aromatic heterocycles. The second-order valence-corrected chi connectivity index (χ2v) is 8.69. The van der Waals surface area contributed by atoms with Gasteiger partial charge in [-0.3, -0.25) is 4.79 Å². The van der Waals surface area contributed by atoms with Gasteiger partial charge < -0.3 is 19.9 Å². The molecule has 7 heteroatoms. The number of amides is 1. The van der Waals surface area contributed by atoms with Crippen LogP contribution in [-0.2, 0) is 4.79 Å². The van der Waals surface area contributed by atoms with Gasteiger partial charge in [-0.2, -0.15) is 0 Å². The molecule has 2 atom stereocenters. The van der Waals surface area contributed by atoms with Gasteiger partial charge in [-0.1, -0.05) is 0 Å². The molecule has 2 aliphatic rings. The summed E-state index contributed by atoms with van der Waals surface area (Å²) in [7, 11) is 0. The molecule has 0 spiro atoms. The highest BCUT2D eigenvalue weighted by Crippen LogP contribution is 2.29. The van der Waals surface area contributed by atoms with Gasteiger partial charge in [-0.15, -0.1) is 0 Å². The van der Waals surface area contributed by atoms with Crippen LogP contribution in [0.25, 0.3) is 0 Å². The average Bonchev–Trinajstić information content (AvgIpc) is 3.37. The summed E-state index contributed by atoms with van der Waals surface area (Å²) in [5, 5.41) is 3.12. The molecule has 2 fully saturated rings. The van der Waals surface area contributed by atoms with E-state index in [1.807, 2.05) is 24.3 Å². The number of hydrogen-bond acceptors (Lipinski definition) is 4. The fourth-order valence-electron chi connectivity index (χ4n) is 4.62. The van der Waals surface area contributed by atoms with E-state index in [1.54, 1.807) is 4.90 Å². The Morgan fingerprint density at radius 3 is 2.62 bits per heavy atom. The van der Waals surface area contributed by atoms with Crippen molar-refractivity contribution in [3.05, 3.63) is 54.1 Å². The van der Waals surface area contributed by atoms with Crippen LogP contribution in [0, 0.1) is 11.6 Å². The second kappa shape index (κ2) is 10.3. The summed E-state index contributed by atoms with van der Waals surface area (Å²) in [6, 6.07) is 12.0. The highest BCUT2D eigenvalue weighted by atomic mass is 19.2. The molecular weight excluding hydrogens is 412 g/mol. The number of benzene rings is 2. The van der Waals surface area contributed by atoms with Gasteiger partial charge in [0.25, 0.3) is 0 Å². The minimum atomic E-state index is -0.889. The molecule has 5 nitrogen and oxygen atoms in total. The number of rotatable bonds is 9. The number of halogens is 2. The van der Waals surface area contributed by atoms with E-state index in [4.69, 9.17) is 4.74 Å². The van der Waals surface area contributed by atoms with E-state index >= 15 is 0 Å². The molecule has 2 aromatic rings. The Labute approximate surface area is 188 Å². The summed E-state index contributed by atoms with van der Waals surface area (Å²) in [5.41, 5.74) is 1.32. The minimum absolute atomic E-state index is 0.0511. The zero-order valence-corrected chi connectivity index (χ0v) is 18.5. The van der Waals surface area contributed by atoms with Crippen molar-refractivity contribution in [1.82, 2.24) is 4.90 Å². The van der Waals surface area contributed by atoms with Crippen molar-refractivity contribution in [1.29, 1.82) is 0 Å². The first kappa shape index (κ1) is 22.5. The zero-order chi connectivity index (χ0) is 22.5. The maximum Gasteiger partial charge on any atom is 0.227 e. The second-order valence-electron chi connectivity index (χ2n) is 8.69. The van der Waals surface area contributed by atoms with E-state index in [-0.39, 0.29) is 11.9 Å². The van der Waals surface area contributed by atoms with Crippen molar-refractivity contribution in [2.24, 2.45) is 0 Å². The van der Waals surface area contributed by atoms with E-state index in [0.29, 0.717) is 37.7 Å². The number of ether oxygens (including phenoxy) is 1. The molecule has 4 rings (SSSR count). The van der Waals surface area contributed by atoms with E-state index in [1.165, 1.54) is 25.5 Å². The number of anilines is 2. The van der Waals surface area contributed by atoms with Gasteiger partial charge in [-0.25, -0.2) is 8.78 Å². The number of nitrogens with one attached hydrogen (secondary N) is 1. The van der Waals surface area contributed by atoms with Crippen LogP contribution < -0.4 is 15.0 Å². The van der Waals surface area contributed by atoms with Crippen LogP contribution in [0.4, 0.5) is 20.2 Å². The topological polar surface area (TPSA) is 44.8 Å². The molecule has 2 saturated heterocycles. The fraction of sp³-hybridized carbons (Fsp3) is 0.480. The predicted octanol–water partition coefficient (Wildman–Crippen LogP) is 4.83. The minimum Gasteiger partial charge on any atom is -0.494 e. The third-order valence-electron chi connectivity index (χ3n) is 6.45. The van der Waals surface area contributed by atoms with Gasteiger partial charge in [0, 0.05) is 36.9 Å². The summed E-state index contributed by atoms with van der Waals surface area (Å²) in [6.07, 6.45) is 4.75. The number of carbonyl (C=O) groups excluding carboxylic acids is 1. The molecule has 2 aliphatic heterocycles. The summed E-state index contributed by atoms with van der Waals surface area (Å²) in [6.45, 7) is 5.67. The maximum absolute atomic E-state index is 13.4. The van der Waals surface area contributed by atoms with Crippen molar-refractivity contribution in [2.75, 3.05) is 36.5 Å². The first-order chi connectivity index (χ1) is 15.5. The Morgan fingerprint density at radius 1 is 1.09 bits per heavy atom. The molecule has 1 N–H and O–H groups in total. The summed E-state index contributed by atoms with van der Waals surface area (Å²) in [5.74, 6) is -0.900. The molecular formula is C25H31F2N3O2. The molecule has 1 amide bonds. The van der Waals surface area contributed by atoms with E-state index in [0.717, 1.165) is 36.5 Å². The molecule has 0 radical (unpaired) electrons. The lowest BCUT2D eigenvalue weighted by atomic mass is 10.2. The first-order valence-electron chi connectivity index (χ1n) is 11.5. The Morgan fingerprint density at radius 2 is 1.91 bits per heavy atom. The summed E-state index contributed by atoms with van der Waals surface area (Å²) in [4.78, 5) is 16.8. The number of nitrogens with zero attached hydrogens (tertiary/aromatic N) is 2. The van der Waals surface area contributed by atoms with Gasteiger partial charge in [0.05, 0.1) is 12.6 Å². The SMILES string of the molecule is CC1CCCN1CCCOc1ccc(N2C(=O)CC[C@H]2CNc2ccc(F)c(F)c2)cc1. The maximum atomic E-state index is 13.4. The summed E-state index contributed by atoms with van der Waals surface area (Å²) < 4.78 is 32.4. The van der Waals surface area contributed by atoms with Gasteiger partial charge >= 0.3 is 0 Å². The third kappa shape index (κ3) is 5.38. The highest BCUT2D eigenvalue weighted by molar-refractivity contribution is 5.96. The zero-order valence-electron chi connectivity index (χ0n) is 18.5. The first-order valence-corrected chi connectivity index (χ1v) is 11.5. The Bertz CT molecular complexity index is 922. The molecule has 0 bridgehead atoms. The van der Waals surface area contributed by atoms with E-state index in [9.17, 15) is 13.6 Å². The van der Waals surface area contributed by atoms with Gasteiger partial charge in [-0.05, 0) is 81.6 Å². The fourth-order valence-corrected chi connectivity index (χ4v) is 4.62. The van der Waals surface area contributed by atoms with E-state index in [2.05, 4.69) is 17.1 Å². The number of likely N-dealkylation sites (tertiary alicyclic amines) is 1. The number of hydrogen-bond donors (Lipinski definition) is 1. The largest absolute Gasteiger partial charge is 0.494 e. The van der Waals surface area contributed by atoms with Gasteiger partial charge in [0.2, 0.25) is 5.91 Å². The Balaban J connectivity index is 1.29. The lowest BCUT2D eigenvalue weighted by molar-refractivity contribution is -0.117. The lowest BCUT2D eigenvalue weighted by Gasteiger charge is -2.26. The monoisotopic (exact) mass is 443 g/mol. The normalized spacial score (nSPS) is 21.3. The lowest BCUT2D eigenvalue weighted by Crippen LogP contribution is -2.37. The van der Waals surface area contributed by atoms with Crippen LogP contribution >= 0.6 is 0 Å². The van der Waals surface area contributed by atoms with Crippen molar-refractivity contribution in [3.63, 3.8) is 0 Å². The standard InChI is InChI=1S/C25H31F2N3O2/c1-18-4-2-13-29(18)14-3-15-32-22-9-6-20(7-10-22)30-21(8-12-25(30)31)17-28-19-5-11-23(26)24(27)16-19/h5-7,9-11,16,18,21,28H,2-4,8,12-15,17H2,1H3/t18?,21-/m0/s1. The van der Waals surface area contributed by atoms with Crippen molar-refractivity contribution >= 4 is 17.3 Å². The molecule has 0 saturated carbocycles. The molecule has 172 valence electrons. The Hall–Kier alpha value is -2.67. The van der Waals surface area contributed by atoms with Gasteiger partial charge in [0.1, 0.15) is 5.75 Å². The smallest absolute Gasteiger partial charge is 0.227 e. The molecule has 0 aliphatic carbocycles. The quantitative estimate of drug-likeness (QED) is 0.564. The average molecular weight is 444 g/mol. The van der Waals surface area contributed by atoms with Gasteiger partial charge in [0.15, 0.2) is 11.6 Å².